The van der Waals surface area contributed by atoms with Gasteiger partial charge in [0.2, 0.25) is 5.91 Å². The molecule has 1 saturated heterocycles. The summed E-state index contributed by atoms with van der Waals surface area (Å²) in [5, 5.41) is 3.97. The van der Waals surface area contributed by atoms with Crippen molar-refractivity contribution in [2.75, 3.05) is 13.1 Å². The van der Waals surface area contributed by atoms with E-state index in [-0.39, 0.29) is 11.8 Å². The zero-order valence-corrected chi connectivity index (χ0v) is 15.3. The molecular weight excluding hydrogens is 328 g/mol. The minimum atomic E-state index is 0.200. The third kappa shape index (κ3) is 3.23. The predicted octanol–water partition coefficient (Wildman–Crippen LogP) is 3.51. The van der Waals surface area contributed by atoms with E-state index in [4.69, 9.17) is 9.51 Å². The van der Waals surface area contributed by atoms with Crippen LogP contribution in [0.15, 0.2) is 28.8 Å². The number of carbonyl (C=O) groups is 1. The molecule has 0 spiro atoms. The summed E-state index contributed by atoms with van der Waals surface area (Å²) in [6, 6.07) is 8.07. The summed E-state index contributed by atoms with van der Waals surface area (Å²) in [6.45, 7) is 5.39. The second-order valence-electron chi connectivity index (χ2n) is 7.12. The number of rotatable bonds is 4. The van der Waals surface area contributed by atoms with Gasteiger partial charge < -0.3 is 14.4 Å². The van der Waals surface area contributed by atoms with Crippen LogP contribution in [0.4, 0.5) is 0 Å². The molecule has 0 unspecified atom stereocenters. The van der Waals surface area contributed by atoms with Crippen molar-refractivity contribution in [1.82, 2.24) is 20.0 Å². The maximum atomic E-state index is 12.7. The Kier molecular flexibility index (Phi) is 4.49. The first-order valence-corrected chi connectivity index (χ1v) is 9.26. The number of nitrogens with zero attached hydrogens (tertiary/aromatic N) is 3. The molecule has 0 aliphatic carbocycles. The smallest absolute Gasteiger partial charge is 0.222 e. The molecule has 1 N–H and O–H groups in total. The van der Waals surface area contributed by atoms with Gasteiger partial charge >= 0.3 is 0 Å². The van der Waals surface area contributed by atoms with Crippen molar-refractivity contribution in [3.8, 4) is 0 Å². The Balaban J connectivity index is 1.42. The van der Waals surface area contributed by atoms with Crippen molar-refractivity contribution >= 4 is 16.9 Å². The number of H-pyrrole nitrogens is 1. The van der Waals surface area contributed by atoms with Gasteiger partial charge in [0, 0.05) is 31.0 Å². The fourth-order valence-electron chi connectivity index (χ4n) is 3.84. The fraction of sp³-hybridized carbons (Fsp3) is 0.450. The third-order valence-electron chi connectivity index (χ3n) is 5.34. The van der Waals surface area contributed by atoms with Gasteiger partial charge in [0.15, 0.2) is 0 Å². The van der Waals surface area contributed by atoms with Crippen molar-refractivity contribution < 1.29 is 9.32 Å². The van der Waals surface area contributed by atoms with E-state index in [1.54, 1.807) is 0 Å². The summed E-state index contributed by atoms with van der Waals surface area (Å²) in [5.41, 5.74) is 3.99. The quantitative estimate of drug-likeness (QED) is 0.780. The van der Waals surface area contributed by atoms with Crippen LogP contribution in [0.5, 0.6) is 0 Å². The molecule has 6 heteroatoms. The Morgan fingerprint density at radius 3 is 2.96 bits per heavy atom. The number of imidazole rings is 1. The lowest BCUT2D eigenvalue weighted by Gasteiger charge is -2.32. The highest BCUT2D eigenvalue weighted by Crippen LogP contribution is 2.27. The first-order valence-electron chi connectivity index (χ1n) is 9.26. The fourth-order valence-corrected chi connectivity index (χ4v) is 3.84. The highest BCUT2D eigenvalue weighted by molar-refractivity contribution is 5.77. The van der Waals surface area contributed by atoms with Gasteiger partial charge in [-0.05, 0) is 45.2 Å². The summed E-state index contributed by atoms with van der Waals surface area (Å²) >= 11 is 0. The average molecular weight is 352 g/mol. The van der Waals surface area contributed by atoms with Gasteiger partial charge in [0.1, 0.15) is 11.6 Å². The Morgan fingerprint density at radius 2 is 2.19 bits per heavy atom. The molecule has 136 valence electrons. The topological polar surface area (TPSA) is 75.0 Å². The molecule has 4 rings (SSSR count). The van der Waals surface area contributed by atoms with E-state index in [9.17, 15) is 4.79 Å². The minimum absolute atomic E-state index is 0.200. The third-order valence-corrected chi connectivity index (χ3v) is 5.34. The van der Waals surface area contributed by atoms with Gasteiger partial charge in [-0.1, -0.05) is 17.3 Å². The van der Waals surface area contributed by atoms with Crippen LogP contribution >= 0.6 is 0 Å². The van der Waals surface area contributed by atoms with E-state index in [1.165, 1.54) is 0 Å². The highest BCUT2D eigenvalue weighted by atomic mass is 16.5. The Morgan fingerprint density at radius 1 is 1.35 bits per heavy atom. The van der Waals surface area contributed by atoms with Crippen molar-refractivity contribution in [2.45, 2.75) is 45.4 Å². The van der Waals surface area contributed by atoms with E-state index >= 15 is 0 Å². The lowest BCUT2D eigenvalue weighted by atomic mass is 9.96. The number of fused-ring (bicyclic) bond motifs is 1. The van der Waals surface area contributed by atoms with Crippen molar-refractivity contribution in [3.63, 3.8) is 0 Å². The van der Waals surface area contributed by atoms with Gasteiger partial charge in [0.25, 0.3) is 0 Å². The minimum Gasteiger partial charge on any atom is -0.361 e. The molecule has 26 heavy (non-hydrogen) atoms. The normalized spacial score (nSPS) is 17.8. The van der Waals surface area contributed by atoms with E-state index in [2.05, 4.69) is 10.1 Å². The Hall–Kier alpha value is -2.63. The van der Waals surface area contributed by atoms with Gasteiger partial charge in [-0.15, -0.1) is 0 Å². The van der Waals surface area contributed by atoms with Crippen LogP contribution in [0.3, 0.4) is 0 Å². The number of benzene rings is 1. The molecule has 0 bridgehead atoms. The standard InChI is InChI=1S/C20H24N4O2/c1-13-16(14(2)26-23-13)9-10-19(25)24-11-5-6-15(12-24)20-21-17-7-3-4-8-18(17)22-20/h3-4,7-8,15H,5-6,9-12H2,1-2H3,(H,21,22)/t15-/m0/s1. The Bertz CT molecular complexity index is 874. The number of hydrogen-bond donors (Lipinski definition) is 1. The van der Waals surface area contributed by atoms with Crippen LogP contribution in [0, 0.1) is 13.8 Å². The maximum absolute atomic E-state index is 12.7. The van der Waals surface area contributed by atoms with Crippen LogP contribution in [-0.2, 0) is 11.2 Å². The number of amides is 1. The number of hydrogen-bond acceptors (Lipinski definition) is 4. The van der Waals surface area contributed by atoms with Crippen LogP contribution in [0.1, 0.15) is 48.0 Å². The van der Waals surface area contributed by atoms with Gasteiger partial charge in [-0.3, -0.25) is 4.79 Å². The molecule has 1 atom stereocenters. The number of aromatic amines is 1. The average Bonchev–Trinajstić information content (AvgIpc) is 3.23. The SMILES string of the molecule is Cc1noc(C)c1CCC(=O)N1CCC[C@H](c2nc3ccccc3[nH]2)C1. The van der Waals surface area contributed by atoms with E-state index < -0.39 is 0 Å². The second-order valence-corrected chi connectivity index (χ2v) is 7.12. The van der Waals surface area contributed by atoms with Crippen molar-refractivity contribution in [1.29, 1.82) is 0 Å². The number of nitrogens with one attached hydrogen (secondary N) is 1. The van der Waals surface area contributed by atoms with Crippen LogP contribution in [0.2, 0.25) is 0 Å². The van der Waals surface area contributed by atoms with E-state index in [0.29, 0.717) is 12.8 Å². The number of carbonyl (C=O) groups excluding carboxylic acids is 1. The largest absolute Gasteiger partial charge is 0.361 e. The van der Waals surface area contributed by atoms with E-state index in [0.717, 1.165) is 59.8 Å². The van der Waals surface area contributed by atoms with Crippen LogP contribution < -0.4 is 0 Å². The van der Waals surface area contributed by atoms with Crippen molar-refractivity contribution in [2.24, 2.45) is 0 Å². The van der Waals surface area contributed by atoms with Crippen LogP contribution in [0.25, 0.3) is 11.0 Å². The monoisotopic (exact) mass is 352 g/mol. The summed E-state index contributed by atoms with van der Waals surface area (Å²) in [4.78, 5) is 22.8. The van der Waals surface area contributed by atoms with Gasteiger partial charge in [-0.2, -0.15) is 0 Å². The first-order chi connectivity index (χ1) is 12.6. The molecule has 1 fully saturated rings. The number of likely N-dealkylation sites (tertiary alicyclic amines) is 1. The van der Waals surface area contributed by atoms with Crippen LogP contribution in [-0.4, -0.2) is 39.0 Å². The highest BCUT2D eigenvalue weighted by Gasteiger charge is 2.27. The molecule has 1 amide bonds. The van der Waals surface area contributed by atoms with E-state index in [1.807, 2.05) is 43.0 Å². The molecule has 1 aromatic carbocycles. The summed E-state index contributed by atoms with van der Waals surface area (Å²) in [6.07, 6.45) is 3.26. The molecule has 3 heterocycles. The zero-order chi connectivity index (χ0) is 18.1. The summed E-state index contributed by atoms with van der Waals surface area (Å²) in [5.74, 6) is 2.29. The zero-order valence-electron chi connectivity index (χ0n) is 15.3. The molecule has 2 aromatic heterocycles. The number of para-hydroxylation sites is 2. The predicted molar refractivity (Wildman–Crippen MR) is 98.9 cm³/mol. The van der Waals surface area contributed by atoms with Crippen molar-refractivity contribution in [3.05, 3.63) is 47.1 Å². The lowest BCUT2D eigenvalue weighted by Crippen LogP contribution is -2.39. The summed E-state index contributed by atoms with van der Waals surface area (Å²) in [7, 11) is 0. The lowest BCUT2D eigenvalue weighted by molar-refractivity contribution is -0.132. The first kappa shape index (κ1) is 16.8. The Labute approximate surface area is 152 Å². The molecule has 0 radical (unpaired) electrons. The molecule has 0 saturated carbocycles. The number of piperidine rings is 1. The molecule has 6 nitrogen and oxygen atoms in total. The maximum Gasteiger partial charge on any atom is 0.222 e. The number of aromatic nitrogens is 3. The molecular formula is C20H24N4O2. The molecule has 3 aromatic rings. The molecule has 1 aliphatic heterocycles. The van der Waals surface area contributed by atoms with Gasteiger partial charge in [-0.25, -0.2) is 4.98 Å². The second kappa shape index (κ2) is 6.94. The summed E-state index contributed by atoms with van der Waals surface area (Å²) < 4.78 is 5.19. The molecule has 1 aliphatic rings. The van der Waals surface area contributed by atoms with Gasteiger partial charge in [0.05, 0.1) is 16.7 Å². The number of aryl methyl sites for hydroxylation is 2.